The molecule has 0 radical (unpaired) electrons. The van der Waals surface area contributed by atoms with Crippen LogP contribution in [0.2, 0.25) is 0 Å². The van der Waals surface area contributed by atoms with Gasteiger partial charge < -0.3 is 15.4 Å². The Morgan fingerprint density at radius 1 is 0.805 bits per heavy atom. The van der Waals surface area contributed by atoms with Gasteiger partial charge in [0.25, 0.3) is 0 Å². The Morgan fingerprint density at radius 3 is 1.98 bits per heavy atom. The summed E-state index contributed by atoms with van der Waals surface area (Å²) >= 11 is 1.72. The lowest BCUT2D eigenvalue weighted by Gasteiger charge is -2.13. The number of ether oxygens (including phenoxy) is 1. The van der Waals surface area contributed by atoms with E-state index in [1.165, 1.54) is 76.0 Å². The molecular weight excluding hydrogens is 530 g/mol. The normalized spacial score (nSPS) is 10.9. The molecule has 2 N–H and O–H groups in total. The molecule has 0 atom stereocenters. The standard InChI is InChI=1S/C34H47N3O3S/c1-4-5-6-7-8-9-10-11-12-13-14-15-22-40-33-21-20-31(23-32(33)28(3)38)36-34(39)35-30-18-16-29(17-19-30)25-37-24-27(2)41-26-37/h16-21,23-24,26H,4-15,22,25H2,1-3H3,(H-,35,36,39)/p+1. The quantitative estimate of drug-likeness (QED) is 0.0846. The smallest absolute Gasteiger partial charge is 0.323 e. The van der Waals surface area contributed by atoms with Crippen molar-refractivity contribution in [1.82, 2.24) is 0 Å². The summed E-state index contributed by atoms with van der Waals surface area (Å²) in [5.41, 5.74) is 4.98. The first-order valence-corrected chi connectivity index (χ1v) is 16.2. The average molecular weight is 579 g/mol. The number of anilines is 2. The van der Waals surface area contributed by atoms with E-state index in [4.69, 9.17) is 4.74 Å². The molecule has 2 aromatic carbocycles. The maximum atomic E-state index is 12.6. The number of amides is 2. The molecule has 0 bridgehead atoms. The van der Waals surface area contributed by atoms with Crippen molar-refractivity contribution in [3.63, 3.8) is 0 Å². The fourth-order valence-electron chi connectivity index (χ4n) is 4.86. The number of carbonyl (C=O) groups is 2. The van der Waals surface area contributed by atoms with Gasteiger partial charge >= 0.3 is 6.03 Å². The van der Waals surface area contributed by atoms with Crippen LogP contribution in [0.25, 0.3) is 0 Å². The van der Waals surface area contributed by atoms with Gasteiger partial charge in [0.1, 0.15) is 5.75 Å². The first-order chi connectivity index (χ1) is 19.9. The van der Waals surface area contributed by atoms with Gasteiger partial charge in [-0.1, -0.05) is 101 Å². The first-order valence-electron chi connectivity index (χ1n) is 15.3. The maximum Gasteiger partial charge on any atom is 0.323 e. The van der Waals surface area contributed by atoms with Crippen LogP contribution < -0.4 is 19.9 Å². The van der Waals surface area contributed by atoms with Gasteiger partial charge in [-0.3, -0.25) is 4.79 Å². The van der Waals surface area contributed by atoms with Crippen LogP contribution in [0.1, 0.15) is 112 Å². The number of aryl methyl sites for hydroxylation is 1. The maximum absolute atomic E-state index is 12.6. The van der Waals surface area contributed by atoms with Crippen LogP contribution in [0.4, 0.5) is 16.2 Å². The molecule has 0 aliphatic rings. The number of unbranched alkanes of at least 4 members (excludes halogenated alkanes) is 11. The zero-order valence-corrected chi connectivity index (χ0v) is 26.0. The van der Waals surface area contributed by atoms with E-state index in [0.717, 1.165) is 24.9 Å². The van der Waals surface area contributed by atoms with Crippen molar-refractivity contribution >= 4 is 34.5 Å². The molecule has 6 nitrogen and oxygen atoms in total. The minimum atomic E-state index is -0.361. The number of Topliss-reactive ketones (excluding diaryl/α,β-unsaturated/α-hetero) is 1. The molecule has 41 heavy (non-hydrogen) atoms. The molecule has 0 unspecified atom stereocenters. The van der Waals surface area contributed by atoms with E-state index in [-0.39, 0.29) is 11.8 Å². The lowest BCUT2D eigenvalue weighted by molar-refractivity contribution is -0.683. The number of hydrogen-bond donors (Lipinski definition) is 2. The van der Waals surface area contributed by atoms with E-state index in [9.17, 15) is 9.59 Å². The summed E-state index contributed by atoms with van der Waals surface area (Å²) in [6.07, 6.45) is 17.6. The minimum absolute atomic E-state index is 0.0898. The molecule has 0 spiro atoms. The summed E-state index contributed by atoms with van der Waals surface area (Å²) in [6.45, 7) is 7.25. The van der Waals surface area contributed by atoms with Crippen molar-refractivity contribution in [3.8, 4) is 5.75 Å². The second-order valence-corrected chi connectivity index (χ2v) is 12.0. The van der Waals surface area contributed by atoms with E-state index < -0.39 is 0 Å². The number of rotatable bonds is 19. The molecule has 2 amide bonds. The number of benzene rings is 2. The van der Waals surface area contributed by atoms with Crippen molar-refractivity contribution in [2.45, 2.75) is 104 Å². The topological polar surface area (TPSA) is 71.3 Å². The fraction of sp³-hybridized carbons (Fsp3) is 0.500. The second kappa shape index (κ2) is 18.3. The van der Waals surface area contributed by atoms with Crippen LogP contribution in [0.3, 0.4) is 0 Å². The number of nitrogens with one attached hydrogen (secondary N) is 2. The zero-order chi connectivity index (χ0) is 29.3. The number of carbonyl (C=O) groups excluding carboxylic acids is 2. The zero-order valence-electron chi connectivity index (χ0n) is 25.2. The summed E-state index contributed by atoms with van der Waals surface area (Å²) < 4.78 is 8.10. The molecule has 1 heterocycles. The molecule has 0 saturated carbocycles. The minimum Gasteiger partial charge on any atom is -0.493 e. The predicted molar refractivity (Wildman–Crippen MR) is 170 cm³/mol. The van der Waals surface area contributed by atoms with Gasteiger partial charge in [-0.2, -0.15) is 4.57 Å². The summed E-state index contributed by atoms with van der Waals surface area (Å²) in [7, 11) is 0. The molecule has 222 valence electrons. The number of aromatic nitrogens is 1. The van der Waals surface area contributed by atoms with Crippen LogP contribution in [0.15, 0.2) is 54.2 Å². The number of urea groups is 1. The Hall–Kier alpha value is -3.19. The third-order valence-corrected chi connectivity index (χ3v) is 8.02. The lowest BCUT2D eigenvalue weighted by atomic mass is 10.1. The van der Waals surface area contributed by atoms with E-state index in [0.29, 0.717) is 29.3 Å². The number of ketones is 1. The fourth-order valence-corrected chi connectivity index (χ4v) is 5.49. The highest BCUT2D eigenvalue weighted by Crippen LogP contribution is 2.24. The molecule has 0 saturated heterocycles. The molecular formula is C34H48N3O3S+. The Bertz CT molecular complexity index is 1210. The summed E-state index contributed by atoms with van der Waals surface area (Å²) in [5.74, 6) is 0.480. The van der Waals surface area contributed by atoms with Gasteiger partial charge in [0.05, 0.1) is 17.0 Å². The van der Waals surface area contributed by atoms with Gasteiger partial charge in [-0.05, 0) is 50.6 Å². The monoisotopic (exact) mass is 578 g/mol. The predicted octanol–water partition coefficient (Wildman–Crippen LogP) is 9.32. The third kappa shape index (κ3) is 12.5. The van der Waals surface area contributed by atoms with Gasteiger partial charge in [-0.25, -0.2) is 4.79 Å². The van der Waals surface area contributed by atoms with E-state index >= 15 is 0 Å². The first kappa shape index (κ1) is 32.3. The summed E-state index contributed by atoms with van der Waals surface area (Å²) in [6, 6.07) is 12.7. The Labute approximate surface area is 250 Å². The lowest BCUT2D eigenvalue weighted by Crippen LogP contribution is -2.30. The molecule has 3 aromatic rings. The Morgan fingerprint density at radius 2 is 1.39 bits per heavy atom. The van der Waals surface area contributed by atoms with Crippen molar-refractivity contribution in [3.05, 3.63) is 70.2 Å². The van der Waals surface area contributed by atoms with Crippen LogP contribution in [-0.2, 0) is 6.54 Å². The molecule has 1 aromatic heterocycles. The highest BCUT2D eigenvalue weighted by atomic mass is 32.1. The average Bonchev–Trinajstić information content (AvgIpc) is 3.37. The third-order valence-electron chi connectivity index (χ3n) is 7.17. The SMILES string of the molecule is CCCCCCCCCCCCCCOc1ccc(NC(=O)Nc2ccc(C[n+]3csc(C)c3)cc2)cc1C(C)=O. The molecule has 0 aliphatic heterocycles. The van der Waals surface area contributed by atoms with Gasteiger partial charge in [0, 0.05) is 16.9 Å². The van der Waals surface area contributed by atoms with Crippen LogP contribution >= 0.6 is 11.3 Å². The van der Waals surface area contributed by atoms with Crippen LogP contribution in [0.5, 0.6) is 5.75 Å². The van der Waals surface area contributed by atoms with Gasteiger partial charge in [0.15, 0.2) is 18.5 Å². The Kier molecular flexibility index (Phi) is 14.4. The molecule has 0 aliphatic carbocycles. The summed E-state index contributed by atoms with van der Waals surface area (Å²) in [4.78, 5) is 26.1. The Balaban J connectivity index is 1.35. The highest BCUT2D eigenvalue weighted by molar-refractivity contribution is 7.09. The molecule has 7 heteroatoms. The van der Waals surface area contributed by atoms with E-state index in [1.54, 1.807) is 29.5 Å². The molecule has 0 fully saturated rings. The van der Waals surface area contributed by atoms with Crippen molar-refractivity contribution in [2.24, 2.45) is 0 Å². The number of thiazole rings is 1. The largest absolute Gasteiger partial charge is 0.493 e. The number of nitrogens with zero attached hydrogens (tertiary/aromatic N) is 1. The van der Waals surface area contributed by atoms with Crippen molar-refractivity contribution in [1.29, 1.82) is 0 Å². The molecule has 3 rings (SSSR count). The van der Waals surface area contributed by atoms with E-state index in [1.807, 2.05) is 24.3 Å². The van der Waals surface area contributed by atoms with E-state index in [2.05, 4.69) is 40.8 Å². The van der Waals surface area contributed by atoms with Crippen molar-refractivity contribution in [2.75, 3.05) is 17.2 Å². The van der Waals surface area contributed by atoms with Crippen molar-refractivity contribution < 1.29 is 18.9 Å². The summed E-state index contributed by atoms with van der Waals surface area (Å²) in [5, 5.41) is 5.68. The van der Waals surface area contributed by atoms with Crippen LogP contribution in [-0.4, -0.2) is 18.4 Å². The van der Waals surface area contributed by atoms with Crippen LogP contribution in [0, 0.1) is 6.92 Å². The number of hydrogen-bond acceptors (Lipinski definition) is 4. The van der Waals surface area contributed by atoms with Gasteiger partial charge in [-0.15, -0.1) is 0 Å². The second-order valence-electron chi connectivity index (χ2n) is 10.9. The van der Waals surface area contributed by atoms with Gasteiger partial charge in [0.2, 0.25) is 5.51 Å². The highest BCUT2D eigenvalue weighted by Gasteiger charge is 2.12.